The highest BCUT2D eigenvalue weighted by molar-refractivity contribution is 5.78. The lowest BCUT2D eigenvalue weighted by molar-refractivity contribution is -0.120. The number of ether oxygens (including phenoxy) is 1. The van der Waals surface area contributed by atoms with Gasteiger partial charge in [0.05, 0.1) is 25.3 Å². The minimum atomic E-state index is -0.161. The number of carbonyl (C=O) groups is 1. The van der Waals surface area contributed by atoms with E-state index in [1.165, 1.54) is 0 Å². The van der Waals surface area contributed by atoms with Crippen LogP contribution in [0.25, 0.3) is 0 Å². The van der Waals surface area contributed by atoms with Crippen LogP contribution in [-0.2, 0) is 9.53 Å². The van der Waals surface area contributed by atoms with Crippen LogP contribution in [0.5, 0.6) is 0 Å². The Balaban J connectivity index is 2.06. The first-order valence-electron chi connectivity index (χ1n) is 5.37. The summed E-state index contributed by atoms with van der Waals surface area (Å²) in [6, 6.07) is 1.85. The van der Waals surface area contributed by atoms with Crippen molar-refractivity contribution in [2.75, 3.05) is 46.4 Å². The third kappa shape index (κ3) is 5.07. The molecule has 1 saturated heterocycles. The van der Waals surface area contributed by atoms with Gasteiger partial charge in [-0.15, -0.1) is 0 Å². The van der Waals surface area contributed by atoms with Gasteiger partial charge in [-0.05, 0) is 7.05 Å². The van der Waals surface area contributed by atoms with Gasteiger partial charge in [0.1, 0.15) is 6.54 Å². The minimum Gasteiger partial charge on any atom is -0.374 e. The normalized spacial score (nSPS) is 21.4. The average molecular weight is 226 g/mol. The van der Waals surface area contributed by atoms with Crippen molar-refractivity contribution < 1.29 is 9.53 Å². The van der Waals surface area contributed by atoms with Crippen molar-refractivity contribution in [3.05, 3.63) is 0 Å². The van der Waals surface area contributed by atoms with Crippen molar-refractivity contribution in [3.8, 4) is 6.07 Å². The zero-order valence-corrected chi connectivity index (χ0v) is 9.53. The van der Waals surface area contributed by atoms with Crippen molar-refractivity contribution in [2.24, 2.45) is 0 Å². The van der Waals surface area contributed by atoms with Crippen molar-refractivity contribution in [2.45, 2.75) is 6.10 Å². The Bertz CT molecular complexity index is 264. The number of nitrogens with zero attached hydrogens (tertiary/aromatic N) is 2. The molecule has 16 heavy (non-hydrogen) atoms. The maximum atomic E-state index is 11.1. The summed E-state index contributed by atoms with van der Waals surface area (Å²) in [6.45, 7) is 3.52. The monoisotopic (exact) mass is 226 g/mol. The second-order valence-electron chi connectivity index (χ2n) is 3.82. The van der Waals surface area contributed by atoms with E-state index in [-0.39, 0.29) is 25.1 Å². The molecule has 0 spiro atoms. The first-order valence-corrected chi connectivity index (χ1v) is 5.37. The smallest absolute Gasteiger partial charge is 0.234 e. The molecule has 0 saturated carbocycles. The van der Waals surface area contributed by atoms with Crippen LogP contribution in [0.1, 0.15) is 0 Å². The fourth-order valence-corrected chi connectivity index (χ4v) is 1.54. The van der Waals surface area contributed by atoms with Crippen molar-refractivity contribution in [1.82, 2.24) is 15.5 Å². The highest BCUT2D eigenvalue weighted by Gasteiger charge is 2.17. The van der Waals surface area contributed by atoms with E-state index >= 15 is 0 Å². The number of carbonyl (C=O) groups excluding carboxylic acids is 1. The van der Waals surface area contributed by atoms with Crippen LogP contribution in [0.2, 0.25) is 0 Å². The van der Waals surface area contributed by atoms with Crippen LogP contribution in [-0.4, -0.2) is 63.3 Å². The quantitative estimate of drug-likeness (QED) is 0.561. The van der Waals surface area contributed by atoms with E-state index in [4.69, 9.17) is 10.00 Å². The maximum Gasteiger partial charge on any atom is 0.234 e. The first-order chi connectivity index (χ1) is 7.72. The van der Waals surface area contributed by atoms with E-state index < -0.39 is 0 Å². The molecule has 1 rings (SSSR count). The number of hydrogen-bond donors (Lipinski definition) is 2. The van der Waals surface area contributed by atoms with Gasteiger partial charge in [0.25, 0.3) is 0 Å². The molecule has 0 radical (unpaired) electrons. The van der Waals surface area contributed by atoms with Gasteiger partial charge in [-0.1, -0.05) is 0 Å². The summed E-state index contributed by atoms with van der Waals surface area (Å²) in [5, 5.41) is 13.7. The number of nitriles is 1. The summed E-state index contributed by atoms with van der Waals surface area (Å²) < 4.78 is 5.52. The number of morpholine rings is 1. The third-order valence-corrected chi connectivity index (χ3v) is 2.36. The van der Waals surface area contributed by atoms with Gasteiger partial charge < -0.3 is 20.3 Å². The van der Waals surface area contributed by atoms with Gasteiger partial charge in [0.2, 0.25) is 5.91 Å². The topological polar surface area (TPSA) is 77.4 Å². The number of nitrogens with one attached hydrogen (secondary N) is 2. The number of likely N-dealkylation sites (N-methyl/N-ethyl adjacent to an activating group) is 1. The summed E-state index contributed by atoms with van der Waals surface area (Å²) in [5.41, 5.74) is 0. The van der Waals surface area contributed by atoms with Crippen LogP contribution < -0.4 is 10.6 Å². The van der Waals surface area contributed by atoms with Crippen molar-refractivity contribution >= 4 is 5.91 Å². The molecule has 2 N–H and O–H groups in total. The van der Waals surface area contributed by atoms with Gasteiger partial charge in [0.15, 0.2) is 0 Å². The van der Waals surface area contributed by atoms with Crippen molar-refractivity contribution in [1.29, 1.82) is 5.26 Å². The first kappa shape index (κ1) is 12.9. The van der Waals surface area contributed by atoms with Gasteiger partial charge in [-0.3, -0.25) is 4.79 Å². The van der Waals surface area contributed by atoms with Crippen LogP contribution in [0, 0.1) is 11.3 Å². The van der Waals surface area contributed by atoms with Crippen molar-refractivity contribution in [3.63, 3.8) is 0 Å². The molecule has 1 aliphatic rings. The Morgan fingerprint density at radius 1 is 1.69 bits per heavy atom. The number of amides is 1. The molecule has 1 fully saturated rings. The summed E-state index contributed by atoms with van der Waals surface area (Å²) in [5.74, 6) is -0.161. The Labute approximate surface area is 95.5 Å². The van der Waals surface area contributed by atoms with E-state index in [1.54, 1.807) is 0 Å². The molecule has 1 aliphatic heterocycles. The largest absolute Gasteiger partial charge is 0.374 e. The molecule has 6 heteroatoms. The predicted molar refractivity (Wildman–Crippen MR) is 58.7 cm³/mol. The summed E-state index contributed by atoms with van der Waals surface area (Å²) in [4.78, 5) is 13.3. The van der Waals surface area contributed by atoms with E-state index in [9.17, 15) is 4.79 Å². The predicted octanol–water partition coefficient (Wildman–Crippen LogP) is -1.45. The molecule has 1 unspecified atom stereocenters. The Morgan fingerprint density at radius 3 is 3.19 bits per heavy atom. The molecule has 90 valence electrons. The molecule has 1 heterocycles. The lowest BCUT2D eigenvalue weighted by atomic mass is 10.3. The van der Waals surface area contributed by atoms with E-state index in [2.05, 4.69) is 22.6 Å². The molecular weight excluding hydrogens is 208 g/mol. The average Bonchev–Trinajstić information content (AvgIpc) is 2.26. The SMILES string of the molecule is CN1CCOC(CNCC(=O)NCC#N)C1. The molecule has 0 aliphatic carbocycles. The zero-order chi connectivity index (χ0) is 11.8. The zero-order valence-electron chi connectivity index (χ0n) is 9.53. The minimum absolute atomic E-state index is 0.0587. The lowest BCUT2D eigenvalue weighted by Crippen LogP contribution is -2.46. The second kappa shape index (κ2) is 7.17. The highest BCUT2D eigenvalue weighted by atomic mass is 16.5. The molecule has 1 atom stereocenters. The van der Waals surface area contributed by atoms with Gasteiger partial charge in [-0.2, -0.15) is 5.26 Å². The molecule has 1 amide bonds. The molecule has 0 bridgehead atoms. The Kier molecular flexibility index (Phi) is 5.78. The number of hydrogen-bond acceptors (Lipinski definition) is 5. The fourth-order valence-electron chi connectivity index (χ4n) is 1.54. The van der Waals surface area contributed by atoms with Gasteiger partial charge in [-0.25, -0.2) is 0 Å². The maximum absolute atomic E-state index is 11.1. The van der Waals surface area contributed by atoms with Gasteiger partial charge >= 0.3 is 0 Å². The fraction of sp³-hybridized carbons (Fsp3) is 0.800. The standard InChI is InChI=1S/C10H18N4O2/c1-14-4-5-16-9(8-14)6-12-7-10(15)13-3-2-11/h9,12H,3-8H2,1H3,(H,13,15). The van der Waals surface area contributed by atoms with E-state index in [0.717, 1.165) is 19.7 Å². The Hall–Kier alpha value is -1.16. The van der Waals surface area contributed by atoms with E-state index in [0.29, 0.717) is 6.54 Å². The second-order valence-corrected chi connectivity index (χ2v) is 3.82. The molecular formula is C10H18N4O2. The van der Waals surface area contributed by atoms with Crippen LogP contribution >= 0.6 is 0 Å². The molecule has 0 aromatic carbocycles. The van der Waals surface area contributed by atoms with Crippen LogP contribution in [0.15, 0.2) is 0 Å². The molecule has 0 aromatic heterocycles. The molecule has 0 aromatic rings. The summed E-state index contributed by atoms with van der Waals surface area (Å²) >= 11 is 0. The summed E-state index contributed by atoms with van der Waals surface area (Å²) in [7, 11) is 2.05. The van der Waals surface area contributed by atoms with E-state index in [1.807, 2.05) is 6.07 Å². The lowest BCUT2D eigenvalue weighted by Gasteiger charge is -2.30. The van der Waals surface area contributed by atoms with Crippen LogP contribution in [0.3, 0.4) is 0 Å². The Morgan fingerprint density at radius 2 is 2.50 bits per heavy atom. The third-order valence-electron chi connectivity index (χ3n) is 2.36. The van der Waals surface area contributed by atoms with Gasteiger partial charge in [0, 0.05) is 19.6 Å². The summed E-state index contributed by atoms with van der Waals surface area (Å²) in [6.07, 6.45) is 0.141. The number of rotatable bonds is 5. The van der Waals surface area contributed by atoms with Crippen LogP contribution in [0.4, 0.5) is 0 Å². The highest BCUT2D eigenvalue weighted by Crippen LogP contribution is 2.00. The molecule has 6 nitrogen and oxygen atoms in total.